The molecule has 1 aromatic rings. The third kappa shape index (κ3) is 4.51. The maximum Gasteiger partial charge on any atom is 0.316 e. The van der Waals surface area contributed by atoms with Gasteiger partial charge >= 0.3 is 5.97 Å². The van der Waals surface area contributed by atoms with E-state index < -0.39 is 11.9 Å². The molecule has 0 N–H and O–H groups in total. The van der Waals surface area contributed by atoms with Gasteiger partial charge in [-0.05, 0) is 31.0 Å². The molecule has 0 heterocycles. The lowest BCUT2D eigenvalue weighted by Gasteiger charge is -2.12. The molecule has 0 aromatic heterocycles. The van der Waals surface area contributed by atoms with E-state index in [9.17, 15) is 9.59 Å². The van der Waals surface area contributed by atoms with Crippen molar-refractivity contribution in [1.29, 1.82) is 0 Å². The van der Waals surface area contributed by atoms with Gasteiger partial charge < -0.3 is 4.74 Å². The lowest BCUT2D eigenvalue weighted by atomic mass is 9.96. The van der Waals surface area contributed by atoms with Crippen molar-refractivity contribution in [1.82, 2.24) is 0 Å². The SMILES string of the molecule is CCOC(=O)C(CC)C(=O)Cc1ccc(Cl)c(Cl)c1. The quantitative estimate of drug-likeness (QED) is 0.594. The number of esters is 1. The van der Waals surface area contributed by atoms with Gasteiger partial charge in [-0.25, -0.2) is 0 Å². The van der Waals surface area contributed by atoms with Crippen LogP contribution in [-0.4, -0.2) is 18.4 Å². The first kappa shape index (κ1) is 16.0. The molecule has 0 fully saturated rings. The molecule has 0 saturated carbocycles. The highest BCUT2D eigenvalue weighted by atomic mass is 35.5. The van der Waals surface area contributed by atoms with E-state index in [4.69, 9.17) is 27.9 Å². The number of ketones is 1. The van der Waals surface area contributed by atoms with Crippen LogP contribution in [0.4, 0.5) is 0 Å². The number of hydrogen-bond donors (Lipinski definition) is 0. The summed E-state index contributed by atoms with van der Waals surface area (Å²) in [6.45, 7) is 3.78. The molecule has 0 aliphatic heterocycles. The van der Waals surface area contributed by atoms with Crippen molar-refractivity contribution in [2.75, 3.05) is 6.61 Å². The Labute approximate surface area is 122 Å². The summed E-state index contributed by atoms with van der Waals surface area (Å²) in [6, 6.07) is 5.00. The monoisotopic (exact) mass is 302 g/mol. The first-order valence-corrected chi connectivity index (χ1v) is 6.88. The fourth-order valence-corrected chi connectivity index (χ4v) is 2.06. The zero-order valence-electron chi connectivity index (χ0n) is 10.9. The van der Waals surface area contributed by atoms with Gasteiger partial charge in [-0.1, -0.05) is 36.2 Å². The number of carbonyl (C=O) groups is 2. The lowest BCUT2D eigenvalue weighted by molar-refractivity contribution is -0.151. The highest BCUT2D eigenvalue weighted by Crippen LogP contribution is 2.23. The number of hydrogen-bond acceptors (Lipinski definition) is 3. The summed E-state index contributed by atoms with van der Waals surface area (Å²) >= 11 is 11.7. The fraction of sp³-hybridized carbons (Fsp3) is 0.429. The molecule has 1 atom stereocenters. The summed E-state index contributed by atoms with van der Waals surface area (Å²) < 4.78 is 4.89. The van der Waals surface area contributed by atoms with Crippen LogP contribution in [0.3, 0.4) is 0 Å². The van der Waals surface area contributed by atoms with E-state index in [0.717, 1.165) is 5.56 Å². The van der Waals surface area contributed by atoms with E-state index in [1.165, 1.54) is 0 Å². The summed E-state index contributed by atoms with van der Waals surface area (Å²) in [5, 5.41) is 0.839. The Morgan fingerprint density at radius 3 is 2.42 bits per heavy atom. The molecule has 19 heavy (non-hydrogen) atoms. The molecule has 0 aliphatic carbocycles. The van der Waals surface area contributed by atoms with Crippen molar-refractivity contribution >= 4 is 35.0 Å². The fourth-order valence-electron chi connectivity index (χ4n) is 1.74. The molecular weight excluding hydrogens is 287 g/mol. The van der Waals surface area contributed by atoms with Crippen molar-refractivity contribution < 1.29 is 14.3 Å². The molecule has 3 nitrogen and oxygen atoms in total. The number of ether oxygens (including phenoxy) is 1. The van der Waals surface area contributed by atoms with Crippen molar-refractivity contribution in [2.45, 2.75) is 26.7 Å². The molecule has 5 heteroatoms. The Morgan fingerprint density at radius 2 is 1.89 bits per heavy atom. The van der Waals surface area contributed by atoms with Crippen LogP contribution in [0.5, 0.6) is 0 Å². The standard InChI is InChI=1S/C14H16Cl2O3/c1-3-10(14(18)19-4-2)13(17)8-9-5-6-11(15)12(16)7-9/h5-7,10H,3-4,8H2,1-2H3. The summed E-state index contributed by atoms with van der Waals surface area (Å²) in [5.41, 5.74) is 0.738. The lowest BCUT2D eigenvalue weighted by Crippen LogP contribution is -2.27. The zero-order valence-corrected chi connectivity index (χ0v) is 12.4. The third-order valence-electron chi connectivity index (χ3n) is 2.73. The van der Waals surface area contributed by atoms with E-state index in [-0.39, 0.29) is 18.8 Å². The van der Waals surface area contributed by atoms with Crippen molar-refractivity contribution in [2.24, 2.45) is 5.92 Å². The van der Waals surface area contributed by atoms with E-state index in [1.54, 1.807) is 32.0 Å². The van der Waals surface area contributed by atoms with Crippen LogP contribution in [-0.2, 0) is 20.7 Å². The smallest absolute Gasteiger partial charge is 0.316 e. The summed E-state index contributed by atoms with van der Waals surface area (Å²) in [4.78, 5) is 23.7. The minimum atomic E-state index is -0.714. The van der Waals surface area contributed by atoms with Crippen molar-refractivity contribution in [3.8, 4) is 0 Å². The van der Waals surface area contributed by atoms with E-state index in [0.29, 0.717) is 16.5 Å². The molecule has 1 unspecified atom stereocenters. The molecular formula is C14H16Cl2O3. The summed E-state index contributed by atoms with van der Waals surface area (Å²) in [6.07, 6.45) is 0.577. The van der Waals surface area contributed by atoms with Gasteiger partial charge in [0.15, 0.2) is 5.78 Å². The van der Waals surface area contributed by atoms with Gasteiger partial charge in [0.05, 0.1) is 16.7 Å². The normalized spacial score (nSPS) is 12.0. The minimum Gasteiger partial charge on any atom is -0.465 e. The van der Waals surface area contributed by atoms with Crippen LogP contribution in [0.25, 0.3) is 0 Å². The number of carbonyl (C=O) groups excluding carboxylic acids is 2. The van der Waals surface area contributed by atoms with Crippen LogP contribution >= 0.6 is 23.2 Å². The second-order valence-electron chi connectivity index (χ2n) is 4.10. The van der Waals surface area contributed by atoms with Crippen molar-refractivity contribution in [3.05, 3.63) is 33.8 Å². The minimum absolute atomic E-state index is 0.147. The van der Waals surface area contributed by atoms with Crippen LogP contribution in [0.1, 0.15) is 25.8 Å². The predicted octanol–water partition coefficient (Wildman–Crippen LogP) is 3.69. The Hall–Kier alpha value is -1.06. The molecule has 0 spiro atoms. The Morgan fingerprint density at radius 1 is 1.21 bits per heavy atom. The van der Waals surface area contributed by atoms with Gasteiger partial charge in [0.1, 0.15) is 5.92 Å². The first-order valence-electron chi connectivity index (χ1n) is 6.12. The molecule has 0 bridgehead atoms. The maximum atomic E-state index is 12.1. The van der Waals surface area contributed by atoms with Gasteiger partial charge in [0.2, 0.25) is 0 Å². The van der Waals surface area contributed by atoms with Gasteiger partial charge in [0.25, 0.3) is 0 Å². The topological polar surface area (TPSA) is 43.4 Å². The molecule has 1 aromatic carbocycles. The molecule has 104 valence electrons. The van der Waals surface area contributed by atoms with Crippen molar-refractivity contribution in [3.63, 3.8) is 0 Å². The van der Waals surface area contributed by atoms with Gasteiger partial charge in [-0.15, -0.1) is 0 Å². The van der Waals surface area contributed by atoms with Crippen LogP contribution < -0.4 is 0 Å². The maximum absolute atomic E-state index is 12.1. The first-order chi connectivity index (χ1) is 8.99. The number of benzene rings is 1. The predicted molar refractivity (Wildman–Crippen MR) is 75.6 cm³/mol. The molecule has 0 radical (unpaired) electrons. The van der Waals surface area contributed by atoms with E-state index in [2.05, 4.69) is 0 Å². The van der Waals surface area contributed by atoms with Crippen LogP contribution in [0, 0.1) is 5.92 Å². The number of halogens is 2. The highest BCUT2D eigenvalue weighted by Gasteiger charge is 2.25. The third-order valence-corrected chi connectivity index (χ3v) is 3.47. The van der Waals surface area contributed by atoms with E-state index >= 15 is 0 Å². The zero-order chi connectivity index (χ0) is 14.4. The average molecular weight is 303 g/mol. The Balaban J connectivity index is 2.76. The largest absolute Gasteiger partial charge is 0.465 e. The molecule has 1 rings (SSSR count). The second kappa shape index (κ2) is 7.51. The summed E-state index contributed by atoms with van der Waals surface area (Å²) in [7, 11) is 0. The summed E-state index contributed by atoms with van der Waals surface area (Å²) in [5.74, 6) is -1.34. The van der Waals surface area contributed by atoms with Crippen LogP contribution in [0.2, 0.25) is 10.0 Å². The van der Waals surface area contributed by atoms with Gasteiger partial charge in [0, 0.05) is 6.42 Å². The van der Waals surface area contributed by atoms with Gasteiger partial charge in [-0.2, -0.15) is 0 Å². The Bertz CT molecular complexity index is 472. The second-order valence-corrected chi connectivity index (χ2v) is 4.92. The molecule has 0 aliphatic rings. The highest BCUT2D eigenvalue weighted by molar-refractivity contribution is 6.42. The van der Waals surface area contributed by atoms with E-state index in [1.807, 2.05) is 0 Å². The number of rotatable bonds is 6. The molecule has 0 amide bonds. The Kier molecular flexibility index (Phi) is 6.32. The van der Waals surface area contributed by atoms with Gasteiger partial charge in [-0.3, -0.25) is 9.59 Å². The number of Topliss-reactive ketones (excluding diaryl/α,β-unsaturated/α-hetero) is 1. The van der Waals surface area contributed by atoms with Crippen LogP contribution in [0.15, 0.2) is 18.2 Å². The average Bonchev–Trinajstić information content (AvgIpc) is 2.35. The molecule has 0 saturated heterocycles.